The van der Waals surface area contributed by atoms with Gasteiger partial charge in [0.15, 0.2) is 0 Å². The van der Waals surface area contributed by atoms with E-state index in [2.05, 4.69) is 18.6 Å². The van der Waals surface area contributed by atoms with Gasteiger partial charge in [-0.15, -0.1) is 0 Å². The lowest BCUT2D eigenvalue weighted by atomic mass is 10.1. The molecule has 7 heteroatoms. The molecule has 1 aromatic carbocycles. The van der Waals surface area contributed by atoms with Crippen LogP contribution >= 0.6 is 23.2 Å². The van der Waals surface area contributed by atoms with Crippen LogP contribution in [-0.2, 0) is 16.6 Å². The predicted molar refractivity (Wildman–Crippen MR) is 79.5 cm³/mol. The predicted octanol–water partition coefficient (Wildman–Crippen LogP) is 2.81. The zero-order chi connectivity index (χ0) is 15.1. The molecule has 0 radical (unpaired) electrons. The first kappa shape index (κ1) is 16.0. The maximum absolute atomic E-state index is 12.3. The van der Waals surface area contributed by atoms with Gasteiger partial charge in [0.1, 0.15) is 4.90 Å². The van der Waals surface area contributed by atoms with E-state index in [1.165, 1.54) is 12.1 Å². The van der Waals surface area contributed by atoms with Gasteiger partial charge in [-0.25, -0.2) is 13.1 Å². The second-order valence-corrected chi connectivity index (χ2v) is 8.26. The van der Waals surface area contributed by atoms with Crippen LogP contribution in [0.15, 0.2) is 17.0 Å². The normalized spacial score (nSPS) is 20.9. The van der Waals surface area contributed by atoms with Gasteiger partial charge >= 0.3 is 0 Å². The molecule has 0 aliphatic heterocycles. The Balaban J connectivity index is 2.22. The van der Waals surface area contributed by atoms with Crippen molar-refractivity contribution in [2.45, 2.75) is 31.8 Å². The third-order valence-electron chi connectivity index (χ3n) is 3.84. The fraction of sp³-hybridized carbons (Fsp3) is 0.538. The van der Waals surface area contributed by atoms with E-state index in [1.807, 2.05) is 0 Å². The maximum Gasteiger partial charge on any atom is 0.242 e. The lowest BCUT2D eigenvalue weighted by Crippen LogP contribution is -2.27. The van der Waals surface area contributed by atoms with E-state index in [4.69, 9.17) is 23.2 Å². The molecule has 0 bridgehead atoms. The van der Waals surface area contributed by atoms with E-state index in [9.17, 15) is 13.5 Å². The molecule has 2 N–H and O–H groups in total. The fourth-order valence-corrected chi connectivity index (χ4v) is 4.12. The Bertz CT molecular complexity index is 629. The molecule has 0 spiro atoms. The molecule has 112 valence electrons. The molecule has 1 unspecified atom stereocenters. The Kier molecular flexibility index (Phi) is 4.38. The zero-order valence-corrected chi connectivity index (χ0v) is 13.6. The molecule has 1 atom stereocenters. The molecule has 1 aromatic rings. The van der Waals surface area contributed by atoms with Crippen molar-refractivity contribution in [1.82, 2.24) is 4.72 Å². The number of benzene rings is 1. The van der Waals surface area contributed by atoms with Crippen LogP contribution in [-0.4, -0.2) is 20.1 Å². The van der Waals surface area contributed by atoms with Gasteiger partial charge in [0, 0.05) is 17.1 Å². The molecule has 20 heavy (non-hydrogen) atoms. The van der Waals surface area contributed by atoms with Crippen LogP contribution in [0.25, 0.3) is 0 Å². The van der Waals surface area contributed by atoms with Gasteiger partial charge in [-0.1, -0.05) is 37.0 Å². The lowest BCUT2D eigenvalue weighted by molar-refractivity contribution is 0.281. The number of aliphatic hydroxyl groups is 1. The number of halogens is 2. The number of nitrogens with one attached hydrogen (secondary N) is 1. The van der Waals surface area contributed by atoms with Crippen LogP contribution in [0.5, 0.6) is 0 Å². The Morgan fingerprint density at radius 1 is 1.40 bits per heavy atom. The number of hydrogen-bond donors (Lipinski definition) is 2. The average Bonchev–Trinajstić information content (AvgIpc) is 2.95. The van der Waals surface area contributed by atoms with Gasteiger partial charge in [0.2, 0.25) is 10.0 Å². The summed E-state index contributed by atoms with van der Waals surface area (Å²) >= 11 is 11.9. The van der Waals surface area contributed by atoms with Gasteiger partial charge in [0.25, 0.3) is 0 Å². The van der Waals surface area contributed by atoms with Crippen molar-refractivity contribution in [3.05, 3.63) is 27.7 Å². The minimum absolute atomic E-state index is 0.0254. The summed E-state index contributed by atoms with van der Waals surface area (Å²) in [5.74, 6) is 0.348. The maximum atomic E-state index is 12.3. The molecule has 0 saturated heterocycles. The first-order chi connectivity index (χ1) is 9.19. The summed E-state index contributed by atoms with van der Waals surface area (Å²) in [7, 11) is -3.70. The van der Waals surface area contributed by atoms with Gasteiger partial charge in [-0.05, 0) is 29.9 Å². The highest BCUT2D eigenvalue weighted by atomic mass is 35.5. The fourth-order valence-electron chi connectivity index (χ4n) is 2.14. The van der Waals surface area contributed by atoms with Crippen LogP contribution in [0.4, 0.5) is 0 Å². The smallest absolute Gasteiger partial charge is 0.242 e. The SMILES string of the molecule is CC1(C)CC1CNS(=O)(=O)c1ccc(Cl)c(CO)c1Cl. The van der Waals surface area contributed by atoms with Crippen molar-refractivity contribution < 1.29 is 13.5 Å². The molecule has 0 heterocycles. The number of hydrogen-bond acceptors (Lipinski definition) is 3. The Morgan fingerprint density at radius 3 is 2.50 bits per heavy atom. The standard InChI is InChI=1S/C13H17Cl2NO3S/c1-13(2)5-8(13)6-16-20(18,19)11-4-3-10(14)9(7-17)12(11)15/h3-4,8,16-17H,5-7H2,1-2H3. The van der Waals surface area contributed by atoms with E-state index < -0.39 is 16.6 Å². The molecule has 1 aliphatic carbocycles. The molecule has 4 nitrogen and oxygen atoms in total. The first-order valence-electron chi connectivity index (χ1n) is 6.26. The lowest BCUT2D eigenvalue weighted by Gasteiger charge is -2.12. The minimum atomic E-state index is -3.70. The van der Waals surface area contributed by atoms with E-state index in [0.717, 1.165) is 6.42 Å². The number of rotatable bonds is 5. The summed E-state index contributed by atoms with van der Waals surface area (Å²) in [4.78, 5) is -0.0499. The molecule has 0 amide bonds. The van der Waals surface area contributed by atoms with Gasteiger partial charge in [-0.3, -0.25) is 0 Å². The average molecular weight is 338 g/mol. The van der Waals surface area contributed by atoms with E-state index in [1.54, 1.807) is 0 Å². The Hall–Kier alpha value is -0.330. The van der Waals surface area contributed by atoms with Crippen molar-refractivity contribution in [2.24, 2.45) is 11.3 Å². The van der Waals surface area contributed by atoms with Crippen molar-refractivity contribution >= 4 is 33.2 Å². The molecular formula is C13H17Cl2NO3S. The van der Waals surface area contributed by atoms with Crippen molar-refractivity contribution in [3.63, 3.8) is 0 Å². The molecule has 1 saturated carbocycles. The van der Waals surface area contributed by atoms with E-state index in [-0.39, 0.29) is 25.9 Å². The van der Waals surface area contributed by atoms with Crippen molar-refractivity contribution in [2.75, 3.05) is 6.54 Å². The monoisotopic (exact) mass is 337 g/mol. The van der Waals surface area contributed by atoms with Crippen molar-refractivity contribution in [3.8, 4) is 0 Å². The second kappa shape index (κ2) is 5.46. The van der Waals surface area contributed by atoms with Crippen LogP contribution in [0, 0.1) is 11.3 Å². The van der Waals surface area contributed by atoms with E-state index in [0.29, 0.717) is 12.5 Å². The van der Waals surface area contributed by atoms with Crippen LogP contribution < -0.4 is 4.72 Å². The third kappa shape index (κ3) is 3.12. The first-order valence-corrected chi connectivity index (χ1v) is 8.50. The molecule has 2 rings (SSSR count). The summed E-state index contributed by atoms with van der Waals surface area (Å²) in [5, 5.41) is 9.43. The van der Waals surface area contributed by atoms with Crippen LogP contribution in [0.3, 0.4) is 0 Å². The summed E-state index contributed by atoms with van der Waals surface area (Å²) in [6.45, 7) is 4.19. The molecular weight excluding hydrogens is 321 g/mol. The quantitative estimate of drug-likeness (QED) is 0.868. The van der Waals surface area contributed by atoms with Crippen LogP contribution in [0.1, 0.15) is 25.8 Å². The molecule has 1 aliphatic rings. The highest BCUT2D eigenvalue weighted by molar-refractivity contribution is 7.89. The minimum Gasteiger partial charge on any atom is -0.392 e. The highest BCUT2D eigenvalue weighted by Crippen LogP contribution is 2.51. The summed E-state index contributed by atoms with van der Waals surface area (Å²) in [6, 6.07) is 2.78. The van der Waals surface area contributed by atoms with Gasteiger partial charge in [-0.2, -0.15) is 0 Å². The third-order valence-corrected chi connectivity index (χ3v) is 6.20. The van der Waals surface area contributed by atoms with Gasteiger partial charge < -0.3 is 5.11 Å². The molecule has 1 fully saturated rings. The molecule has 0 aromatic heterocycles. The van der Waals surface area contributed by atoms with Crippen LogP contribution in [0.2, 0.25) is 10.0 Å². The Morgan fingerprint density at radius 2 is 2.00 bits per heavy atom. The summed E-state index contributed by atoms with van der Waals surface area (Å²) in [5.41, 5.74) is 0.422. The number of aliphatic hydroxyl groups excluding tert-OH is 1. The topological polar surface area (TPSA) is 66.4 Å². The largest absolute Gasteiger partial charge is 0.392 e. The Labute approximate surface area is 129 Å². The zero-order valence-electron chi connectivity index (χ0n) is 11.3. The van der Waals surface area contributed by atoms with Gasteiger partial charge in [0.05, 0.1) is 11.6 Å². The summed E-state index contributed by atoms with van der Waals surface area (Å²) in [6.07, 6.45) is 1.01. The highest BCUT2D eigenvalue weighted by Gasteiger charge is 2.45. The number of sulfonamides is 1. The summed E-state index contributed by atoms with van der Waals surface area (Å²) < 4.78 is 27.1. The van der Waals surface area contributed by atoms with Crippen molar-refractivity contribution in [1.29, 1.82) is 0 Å². The second-order valence-electron chi connectivity index (χ2n) is 5.74. The van der Waals surface area contributed by atoms with E-state index >= 15 is 0 Å².